The number of amides is 2. The third kappa shape index (κ3) is 6.87. The summed E-state index contributed by atoms with van der Waals surface area (Å²) in [7, 11) is -1.24. The zero-order chi connectivity index (χ0) is 15.3. The fraction of sp³-hybridized carbons (Fsp3) is 0.909. The van der Waals surface area contributed by atoms with Crippen molar-refractivity contribution in [1.29, 1.82) is 0 Å². The van der Waals surface area contributed by atoms with Gasteiger partial charge in [-0.1, -0.05) is 0 Å². The SMILES string of the molecule is CC(C)(C)NC(=O)N(CC(C)(C)S(=O)CCCl)N=O. The van der Waals surface area contributed by atoms with Crippen LogP contribution in [0.15, 0.2) is 5.29 Å². The average Bonchev–Trinajstić information content (AvgIpc) is 2.23. The number of alkyl halides is 1. The van der Waals surface area contributed by atoms with Crippen molar-refractivity contribution in [3.63, 3.8) is 0 Å². The molecule has 0 aliphatic heterocycles. The van der Waals surface area contributed by atoms with E-state index in [9.17, 15) is 13.9 Å². The maximum atomic E-state index is 11.9. The van der Waals surface area contributed by atoms with Gasteiger partial charge in [0.15, 0.2) is 0 Å². The average molecular weight is 312 g/mol. The Balaban J connectivity index is 4.76. The van der Waals surface area contributed by atoms with Crippen LogP contribution in [-0.2, 0) is 10.8 Å². The fourth-order valence-electron chi connectivity index (χ4n) is 1.30. The number of nitrogens with zero attached hydrogens (tertiary/aromatic N) is 2. The molecule has 1 N–H and O–H groups in total. The molecule has 2 amide bonds. The number of rotatable bonds is 6. The third-order valence-electron chi connectivity index (χ3n) is 2.22. The van der Waals surface area contributed by atoms with Crippen molar-refractivity contribution in [2.45, 2.75) is 44.9 Å². The predicted molar refractivity (Wildman–Crippen MR) is 78.6 cm³/mol. The zero-order valence-corrected chi connectivity index (χ0v) is 13.6. The maximum Gasteiger partial charge on any atom is 0.340 e. The lowest BCUT2D eigenvalue weighted by Crippen LogP contribution is -2.51. The minimum atomic E-state index is -1.24. The van der Waals surface area contributed by atoms with Gasteiger partial charge in [0.25, 0.3) is 0 Å². The molecule has 8 heteroatoms. The highest BCUT2D eigenvalue weighted by Gasteiger charge is 2.32. The molecule has 0 bridgehead atoms. The summed E-state index contributed by atoms with van der Waals surface area (Å²) in [5, 5.41) is 6.10. The third-order valence-corrected chi connectivity index (χ3v) is 4.57. The summed E-state index contributed by atoms with van der Waals surface area (Å²) >= 11 is 5.55. The Labute approximate surface area is 121 Å². The first-order valence-electron chi connectivity index (χ1n) is 5.91. The summed E-state index contributed by atoms with van der Waals surface area (Å²) in [5.74, 6) is 0.570. The van der Waals surface area contributed by atoms with Gasteiger partial charge in [0.05, 0.1) is 16.6 Å². The molecule has 0 aromatic carbocycles. The number of nitroso groups, excluding NO2 is 1. The van der Waals surface area contributed by atoms with Crippen LogP contribution in [0.4, 0.5) is 4.79 Å². The standard InChI is InChI=1S/C11H22ClN3O3S/c1-10(2,3)13-9(16)15(14-17)8-11(4,5)19(18)7-6-12/h6-8H2,1-5H3,(H,13,16). The molecule has 0 aromatic rings. The lowest BCUT2D eigenvalue weighted by atomic mass is 10.1. The second-order valence-corrected chi connectivity index (χ2v) is 8.40. The van der Waals surface area contributed by atoms with Crippen LogP contribution in [0.2, 0.25) is 0 Å². The number of nitrogens with one attached hydrogen (secondary N) is 1. The molecule has 0 aromatic heterocycles. The molecule has 0 rings (SSSR count). The van der Waals surface area contributed by atoms with Crippen LogP contribution in [0.25, 0.3) is 0 Å². The first-order chi connectivity index (χ1) is 8.53. The molecule has 0 saturated heterocycles. The molecule has 0 heterocycles. The van der Waals surface area contributed by atoms with Crippen molar-refractivity contribution in [2.24, 2.45) is 5.29 Å². The van der Waals surface area contributed by atoms with E-state index in [1.54, 1.807) is 34.6 Å². The number of hydrogen-bond acceptors (Lipinski definition) is 4. The second-order valence-electron chi connectivity index (χ2n) is 5.82. The molecule has 1 unspecified atom stereocenters. The van der Waals surface area contributed by atoms with Crippen LogP contribution in [-0.4, -0.2) is 43.7 Å². The molecule has 0 saturated carbocycles. The number of halogens is 1. The van der Waals surface area contributed by atoms with E-state index in [1.807, 2.05) is 0 Å². The van der Waals surface area contributed by atoms with Crippen LogP contribution < -0.4 is 5.32 Å². The molecule has 6 nitrogen and oxygen atoms in total. The molecule has 112 valence electrons. The van der Waals surface area contributed by atoms with Crippen LogP contribution in [0.3, 0.4) is 0 Å². The highest BCUT2D eigenvalue weighted by Crippen LogP contribution is 2.16. The fourth-order valence-corrected chi connectivity index (χ4v) is 2.68. The van der Waals surface area contributed by atoms with Crippen molar-refractivity contribution in [1.82, 2.24) is 10.3 Å². The predicted octanol–water partition coefficient (Wildman–Crippen LogP) is 2.24. The Morgan fingerprint density at radius 3 is 2.21 bits per heavy atom. The van der Waals surface area contributed by atoms with Gasteiger partial charge in [0.1, 0.15) is 0 Å². The molecule has 0 aliphatic rings. The number of carbonyl (C=O) groups excluding carboxylic acids is 1. The Morgan fingerprint density at radius 2 is 1.84 bits per heavy atom. The molecule has 0 radical (unpaired) electrons. The van der Waals surface area contributed by atoms with Crippen LogP contribution >= 0.6 is 11.6 Å². The van der Waals surface area contributed by atoms with E-state index in [0.717, 1.165) is 5.01 Å². The Morgan fingerprint density at radius 1 is 1.32 bits per heavy atom. The molecular weight excluding hydrogens is 290 g/mol. The summed E-state index contributed by atoms with van der Waals surface area (Å²) in [6, 6.07) is -0.599. The molecular formula is C11H22ClN3O3S. The van der Waals surface area contributed by atoms with Gasteiger partial charge >= 0.3 is 6.03 Å². The first kappa shape index (κ1) is 18.3. The van der Waals surface area contributed by atoms with Gasteiger partial charge in [0, 0.05) is 28.0 Å². The van der Waals surface area contributed by atoms with Gasteiger partial charge in [-0.3, -0.25) is 4.21 Å². The summed E-state index contributed by atoms with van der Waals surface area (Å²) in [4.78, 5) is 22.6. The molecule has 0 aliphatic carbocycles. The highest BCUT2D eigenvalue weighted by molar-refractivity contribution is 7.86. The molecule has 0 fully saturated rings. The van der Waals surface area contributed by atoms with E-state index in [2.05, 4.69) is 10.6 Å². The normalized spacial score (nSPS) is 13.8. The van der Waals surface area contributed by atoms with Crippen molar-refractivity contribution >= 4 is 28.4 Å². The minimum Gasteiger partial charge on any atom is -0.332 e. The highest BCUT2D eigenvalue weighted by atomic mass is 35.5. The Hall–Kier alpha value is -0.690. The smallest absolute Gasteiger partial charge is 0.332 e. The summed E-state index contributed by atoms with van der Waals surface area (Å²) in [6.45, 7) is 8.78. The van der Waals surface area contributed by atoms with Crippen molar-refractivity contribution in [3.05, 3.63) is 4.91 Å². The molecule has 19 heavy (non-hydrogen) atoms. The van der Waals surface area contributed by atoms with E-state index >= 15 is 0 Å². The van der Waals surface area contributed by atoms with Crippen LogP contribution in [0.1, 0.15) is 34.6 Å². The van der Waals surface area contributed by atoms with Gasteiger partial charge < -0.3 is 5.32 Å². The van der Waals surface area contributed by atoms with Crippen molar-refractivity contribution in [3.8, 4) is 0 Å². The quantitative estimate of drug-likeness (QED) is 0.464. The zero-order valence-electron chi connectivity index (χ0n) is 12.0. The monoisotopic (exact) mass is 311 g/mol. The number of hydrogen-bond donors (Lipinski definition) is 1. The summed E-state index contributed by atoms with van der Waals surface area (Å²) in [6.07, 6.45) is 0. The van der Waals surface area contributed by atoms with E-state index in [0.29, 0.717) is 5.75 Å². The number of urea groups is 1. The number of carbonyl (C=O) groups is 1. The lowest BCUT2D eigenvalue weighted by Gasteiger charge is -2.29. The summed E-state index contributed by atoms with van der Waals surface area (Å²) in [5.41, 5.74) is -0.473. The van der Waals surface area contributed by atoms with Crippen molar-refractivity contribution < 1.29 is 9.00 Å². The molecule has 1 atom stereocenters. The first-order valence-corrected chi connectivity index (χ1v) is 7.76. The van der Waals surface area contributed by atoms with E-state index in [-0.39, 0.29) is 12.4 Å². The Bertz CT molecular complexity index is 356. The summed E-state index contributed by atoms with van der Waals surface area (Å²) < 4.78 is 11.2. The van der Waals surface area contributed by atoms with Gasteiger partial charge in [-0.05, 0) is 34.6 Å². The van der Waals surface area contributed by atoms with E-state index < -0.39 is 27.1 Å². The van der Waals surface area contributed by atoms with Crippen molar-refractivity contribution in [2.75, 3.05) is 18.2 Å². The van der Waals surface area contributed by atoms with E-state index in [4.69, 9.17) is 11.6 Å². The second kappa shape index (κ2) is 7.19. The van der Waals surface area contributed by atoms with Gasteiger partial charge in [-0.2, -0.15) is 5.01 Å². The van der Waals surface area contributed by atoms with Gasteiger partial charge in [-0.15, -0.1) is 16.5 Å². The Kier molecular flexibility index (Phi) is 6.93. The molecule has 0 spiro atoms. The minimum absolute atomic E-state index is 0.0259. The van der Waals surface area contributed by atoms with Gasteiger partial charge in [0.2, 0.25) is 0 Å². The largest absolute Gasteiger partial charge is 0.340 e. The van der Waals surface area contributed by atoms with Crippen LogP contribution in [0.5, 0.6) is 0 Å². The topological polar surface area (TPSA) is 78.8 Å². The van der Waals surface area contributed by atoms with Crippen LogP contribution in [0, 0.1) is 4.91 Å². The van der Waals surface area contributed by atoms with Gasteiger partial charge in [-0.25, -0.2) is 4.79 Å². The lowest BCUT2D eigenvalue weighted by molar-refractivity contribution is 0.185. The maximum absolute atomic E-state index is 11.9. The van der Waals surface area contributed by atoms with E-state index in [1.165, 1.54) is 0 Å².